The van der Waals surface area contributed by atoms with Gasteiger partial charge >= 0.3 is 0 Å². The highest BCUT2D eigenvalue weighted by Crippen LogP contribution is 2.27. The molecule has 3 rings (SSSR count). The lowest BCUT2D eigenvalue weighted by Gasteiger charge is -2.17. The van der Waals surface area contributed by atoms with E-state index in [1.165, 1.54) is 5.56 Å². The van der Waals surface area contributed by atoms with Crippen LogP contribution in [-0.4, -0.2) is 0 Å². The van der Waals surface area contributed by atoms with Crippen LogP contribution in [0, 0.1) is 6.92 Å². The molecular weight excluding hydrogens is 270 g/mol. The predicted octanol–water partition coefficient (Wildman–Crippen LogP) is 5.83. The van der Waals surface area contributed by atoms with Crippen LogP contribution in [0.1, 0.15) is 5.56 Å². The van der Waals surface area contributed by atoms with Crippen molar-refractivity contribution in [2.45, 2.75) is 6.92 Å². The van der Waals surface area contributed by atoms with Gasteiger partial charge in [-0.2, -0.15) is 0 Å². The first kappa shape index (κ1) is 14.0. The minimum Gasteiger partial charge on any atom is -0.215 e. The molecule has 3 aromatic carbocycles. The van der Waals surface area contributed by atoms with E-state index in [4.69, 9.17) is 0 Å². The second-order valence-electron chi connectivity index (χ2n) is 5.01. The summed E-state index contributed by atoms with van der Waals surface area (Å²) >= 11 is 0. The van der Waals surface area contributed by atoms with Crippen LogP contribution in [-0.2, 0) is 0 Å². The van der Waals surface area contributed by atoms with Gasteiger partial charge in [0.15, 0.2) is 0 Å². The van der Waals surface area contributed by atoms with E-state index >= 15 is 0 Å². The number of hydrogen-bond acceptors (Lipinski definition) is 2. The molecule has 0 fully saturated rings. The Morgan fingerprint density at radius 2 is 1.18 bits per heavy atom. The van der Waals surface area contributed by atoms with Crippen LogP contribution < -0.4 is 5.01 Å². The lowest BCUT2D eigenvalue weighted by Crippen LogP contribution is -2.07. The Labute approximate surface area is 130 Å². The van der Waals surface area contributed by atoms with Gasteiger partial charge in [-0.3, -0.25) is 0 Å². The summed E-state index contributed by atoms with van der Waals surface area (Å²) in [6.07, 6.45) is 0. The van der Waals surface area contributed by atoms with Gasteiger partial charge in [0, 0.05) is 0 Å². The molecule has 3 nitrogen and oxygen atoms in total. The van der Waals surface area contributed by atoms with Crippen molar-refractivity contribution >= 4 is 17.1 Å². The molecule has 0 saturated carbocycles. The molecule has 0 aliphatic carbocycles. The summed E-state index contributed by atoms with van der Waals surface area (Å²) in [6.45, 7) is 2.07. The lowest BCUT2D eigenvalue weighted by molar-refractivity contribution is 0.973. The van der Waals surface area contributed by atoms with Crippen LogP contribution in [0.5, 0.6) is 0 Å². The molecule has 0 saturated heterocycles. The standard InChI is InChI=1S/C19H17N3/c1-16-12-14-19(15-13-16)22(18-10-6-3-7-11-18)21-20-17-8-4-2-5-9-17/h2-15H,1H3. The van der Waals surface area contributed by atoms with Crippen LogP contribution in [0.3, 0.4) is 0 Å². The molecule has 0 radical (unpaired) electrons. The minimum absolute atomic E-state index is 0.829. The zero-order valence-electron chi connectivity index (χ0n) is 12.4. The molecule has 0 atom stereocenters. The maximum atomic E-state index is 4.42. The van der Waals surface area contributed by atoms with Crippen molar-refractivity contribution < 1.29 is 0 Å². The number of anilines is 2. The number of rotatable bonds is 4. The van der Waals surface area contributed by atoms with Crippen LogP contribution >= 0.6 is 0 Å². The van der Waals surface area contributed by atoms with E-state index in [0.717, 1.165) is 17.1 Å². The average molecular weight is 287 g/mol. The van der Waals surface area contributed by atoms with Gasteiger partial charge in [0.1, 0.15) is 0 Å². The Hall–Kier alpha value is -2.94. The molecule has 22 heavy (non-hydrogen) atoms. The van der Waals surface area contributed by atoms with Crippen molar-refractivity contribution in [2.24, 2.45) is 10.3 Å². The highest BCUT2D eigenvalue weighted by atomic mass is 15.5. The summed E-state index contributed by atoms with van der Waals surface area (Å²) in [4.78, 5) is 0. The minimum atomic E-state index is 0.829. The summed E-state index contributed by atoms with van der Waals surface area (Å²) in [5.41, 5.74) is 4.01. The van der Waals surface area contributed by atoms with Crippen molar-refractivity contribution in [1.82, 2.24) is 0 Å². The molecule has 0 spiro atoms. The van der Waals surface area contributed by atoms with Crippen molar-refractivity contribution in [3.05, 3.63) is 90.5 Å². The van der Waals surface area contributed by atoms with E-state index in [0.29, 0.717) is 0 Å². The van der Waals surface area contributed by atoms with Crippen LogP contribution in [0.2, 0.25) is 0 Å². The van der Waals surface area contributed by atoms with Crippen molar-refractivity contribution in [3.8, 4) is 0 Å². The van der Waals surface area contributed by atoms with Gasteiger partial charge in [0.2, 0.25) is 0 Å². The van der Waals surface area contributed by atoms with Gasteiger partial charge in [-0.1, -0.05) is 59.3 Å². The molecule has 0 aliphatic heterocycles. The molecule has 0 aromatic heterocycles. The maximum Gasteiger partial charge on any atom is 0.0874 e. The van der Waals surface area contributed by atoms with E-state index in [1.54, 1.807) is 0 Å². The first-order chi connectivity index (χ1) is 10.8. The first-order valence-corrected chi connectivity index (χ1v) is 7.21. The molecule has 108 valence electrons. The zero-order chi connectivity index (χ0) is 15.2. The van der Waals surface area contributed by atoms with Crippen LogP contribution in [0.4, 0.5) is 17.1 Å². The van der Waals surface area contributed by atoms with Gasteiger partial charge in [-0.15, -0.1) is 5.11 Å². The first-order valence-electron chi connectivity index (χ1n) is 7.21. The van der Waals surface area contributed by atoms with E-state index < -0.39 is 0 Å². The highest BCUT2D eigenvalue weighted by Gasteiger charge is 2.07. The average Bonchev–Trinajstić information content (AvgIpc) is 2.58. The van der Waals surface area contributed by atoms with E-state index in [1.807, 2.05) is 77.8 Å². The van der Waals surface area contributed by atoms with Crippen molar-refractivity contribution in [1.29, 1.82) is 0 Å². The summed E-state index contributed by atoms with van der Waals surface area (Å²) in [5, 5.41) is 10.6. The molecule has 0 unspecified atom stereocenters. The predicted molar refractivity (Wildman–Crippen MR) is 90.7 cm³/mol. The van der Waals surface area contributed by atoms with E-state index in [9.17, 15) is 0 Å². The number of hydrogen-bond donors (Lipinski definition) is 0. The summed E-state index contributed by atoms with van der Waals surface area (Å²) < 4.78 is 0. The summed E-state index contributed by atoms with van der Waals surface area (Å²) in [7, 11) is 0. The van der Waals surface area contributed by atoms with Gasteiger partial charge in [0.25, 0.3) is 0 Å². The Balaban J connectivity index is 1.96. The quantitative estimate of drug-likeness (QED) is 0.438. The molecule has 0 aliphatic rings. The fraction of sp³-hybridized carbons (Fsp3) is 0.0526. The number of para-hydroxylation sites is 1. The molecule has 3 heteroatoms. The fourth-order valence-electron chi connectivity index (χ4n) is 2.10. The Bertz CT molecular complexity index is 735. The van der Waals surface area contributed by atoms with E-state index in [2.05, 4.69) is 29.4 Å². The third-order valence-electron chi connectivity index (χ3n) is 3.29. The normalized spacial score (nSPS) is 10.8. The number of benzene rings is 3. The molecule has 0 bridgehead atoms. The highest BCUT2D eigenvalue weighted by molar-refractivity contribution is 5.62. The van der Waals surface area contributed by atoms with Gasteiger partial charge < -0.3 is 0 Å². The molecule has 0 N–H and O–H groups in total. The number of nitrogens with zero attached hydrogens (tertiary/aromatic N) is 3. The lowest BCUT2D eigenvalue weighted by atomic mass is 10.2. The monoisotopic (exact) mass is 287 g/mol. The van der Waals surface area contributed by atoms with E-state index in [-0.39, 0.29) is 0 Å². The molecule has 3 aromatic rings. The third-order valence-corrected chi connectivity index (χ3v) is 3.29. The van der Waals surface area contributed by atoms with Gasteiger partial charge in [-0.25, -0.2) is 5.01 Å². The number of aryl methyl sites for hydroxylation is 1. The zero-order valence-corrected chi connectivity index (χ0v) is 12.4. The summed E-state index contributed by atoms with van der Waals surface area (Å²) in [5.74, 6) is 0. The van der Waals surface area contributed by atoms with Crippen LogP contribution in [0.15, 0.2) is 95.3 Å². The summed E-state index contributed by atoms with van der Waals surface area (Å²) in [6, 6.07) is 28.0. The second-order valence-corrected chi connectivity index (χ2v) is 5.01. The largest absolute Gasteiger partial charge is 0.215 e. The van der Waals surface area contributed by atoms with Crippen molar-refractivity contribution in [3.63, 3.8) is 0 Å². The van der Waals surface area contributed by atoms with Gasteiger partial charge in [-0.05, 0) is 43.3 Å². The Kier molecular flexibility index (Phi) is 4.25. The van der Waals surface area contributed by atoms with Crippen molar-refractivity contribution in [2.75, 3.05) is 5.01 Å². The Morgan fingerprint density at radius 3 is 1.82 bits per heavy atom. The molecule has 0 heterocycles. The SMILES string of the molecule is Cc1ccc(N(N=Nc2ccccc2)c2ccccc2)cc1. The second kappa shape index (κ2) is 6.68. The smallest absolute Gasteiger partial charge is 0.0874 e. The maximum absolute atomic E-state index is 4.42. The topological polar surface area (TPSA) is 28.0 Å². The molecule has 0 amide bonds. The third kappa shape index (κ3) is 3.38. The fourth-order valence-corrected chi connectivity index (χ4v) is 2.10. The van der Waals surface area contributed by atoms with Gasteiger partial charge in [0.05, 0.1) is 17.1 Å². The Morgan fingerprint density at radius 1 is 0.636 bits per heavy atom. The molecular formula is C19H17N3. The van der Waals surface area contributed by atoms with Crippen LogP contribution in [0.25, 0.3) is 0 Å².